The second kappa shape index (κ2) is 3.33. The quantitative estimate of drug-likeness (QED) is 0.470. The molecule has 0 fully saturated rings. The largest absolute Gasteiger partial charge is 0.0978 e. The van der Waals surface area contributed by atoms with E-state index in [0.717, 1.165) is 6.42 Å². The standard InChI is InChI=1S/C12H10/c1-2-4-7-11-9-6-10-12(11)8-5-3-1/h1-2,9,12H,6,8,10H2/b2-1-. The Kier molecular flexibility index (Phi) is 2.02. The molecule has 0 heterocycles. The fourth-order valence-electron chi connectivity index (χ4n) is 1.58. The summed E-state index contributed by atoms with van der Waals surface area (Å²) in [6, 6.07) is 0. The lowest BCUT2D eigenvalue weighted by Crippen LogP contribution is -1.95. The van der Waals surface area contributed by atoms with Crippen LogP contribution in [0.1, 0.15) is 19.3 Å². The fraction of sp³-hybridized carbons (Fsp3) is 0.333. The van der Waals surface area contributed by atoms with Crippen molar-refractivity contribution < 1.29 is 0 Å². The number of hydrogen-bond acceptors (Lipinski definition) is 0. The van der Waals surface area contributed by atoms with E-state index in [-0.39, 0.29) is 0 Å². The maximum Gasteiger partial charge on any atom is 0.0167 e. The lowest BCUT2D eigenvalue weighted by Gasteiger charge is -2.04. The molecule has 0 N–H and O–H groups in total. The third-order valence-corrected chi connectivity index (χ3v) is 2.24. The van der Waals surface area contributed by atoms with E-state index in [1.54, 1.807) is 0 Å². The molecule has 0 saturated carbocycles. The maximum atomic E-state index is 3.17. The van der Waals surface area contributed by atoms with Crippen LogP contribution in [0.25, 0.3) is 0 Å². The summed E-state index contributed by atoms with van der Waals surface area (Å²) in [6.07, 6.45) is 9.30. The molecule has 12 heavy (non-hydrogen) atoms. The second-order valence-corrected chi connectivity index (χ2v) is 3.06. The summed E-state index contributed by atoms with van der Waals surface area (Å²) in [5, 5.41) is 0. The van der Waals surface area contributed by atoms with Crippen molar-refractivity contribution in [2.75, 3.05) is 0 Å². The normalized spacial score (nSPS) is 27.3. The first-order valence-electron chi connectivity index (χ1n) is 4.32. The highest BCUT2D eigenvalue weighted by atomic mass is 14.2. The zero-order chi connectivity index (χ0) is 8.23. The summed E-state index contributed by atoms with van der Waals surface area (Å²) in [4.78, 5) is 0. The number of rotatable bonds is 0. The molecule has 0 nitrogen and oxygen atoms in total. The predicted molar refractivity (Wildman–Crippen MR) is 50.1 cm³/mol. The Morgan fingerprint density at radius 1 is 1.25 bits per heavy atom. The number of fused-ring (bicyclic) bond motifs is 1. The zero-order valence-electron chi connectivity index (χ0n) is 6.93. The minimum absolute atomic E-state index is 0.616. The molecule has 0 radical (unpaired) electrons. The molecule has 0 spiro atoms. The molecule has 1 atom stereocenters. The van der Waals surface area contributed by atoms with Crippen LogP contribution >= 0.6 is 0 Å². The predicted octanol–water partition coefficient (Wildman–Crippen LogP) is 2.29. The smallest absolute Gasteiger partial charge is 0.0167 e. The molecular formula is C12H10. The molecule has 2 rings (SSSR count). The Hall–Kier alpha value is -1.40. The van der Waals surface area contributed by atoms with Crippen LogP contribution in [0.4, 0.5) is 0 Å². The topological polar surface area (TPSA) is 0 Å². The van der Waals surface area contributed by atoms with Gasteiger partial charge in [-0.25, -0.2) is 0 Å². The molecular weight excluding hydrogens is 144 g/mol. The lowest BCUT2D eigenvalue weighted by molar-refractivity contribution is 0.637. The monoisotopic (exact) mass is 154 g/mol. The van der Waals surface area contributed by atoms with Gasteiger partial charge in [-0.05, 0) is 25.0 Å². The van der Waals surface area contributed by atoms with Gasteiger partial charge >= 0.3 is 0 Å². The van der Waals surface area contributed by atoms with Crippen molar-refractivity contribution >= 4 is 0 Å². The fourth-order valence-corrected chi connectivity index (χ4v) is 1.58. The minimum Gasteiger partial charge on any atom is -0.0978 e. The first-order chi connectivity index (χ1) is 5.97. The molecule has 0 saturated heterocycles. The molecule has 0 heteroatoms. The Labute approximate surface area is 73.4 Å². The van der Waals surface area contributed by atoms with Crippen molar-refractivity contribution in [2.45, 2.75) is 19.3 Å². The molecule has 0 aromatic carbocycles. The van der Waals surface area contributed by atoms with Crippen molar-refractivity contribution in [3.63, 3.8) is 0 Å². The first kappa shape index (κ1) is 7.26. The number of hydrogen-bond donors (Lipinski definition) is 0. The Bertz CT molecular complexity index is 347. The van der Waals surface area contributed by atoms with Crippen LogP contribution in [0.15, 0.2) is 23.8 Å². The van der Waals surface area contributed by atoms with Gasteiger partial charge in [-0.1, -0.05) is 29.8 Å². The van der Waals surface area contributed by atoms with Gasteiger partial charge in [0.1, 0.15) is 0 Å². The van der Waals surface area contributed by atoms with Crippen LogP contribution in [0.2, 0.25) is 0 Å². The van der Waals surface area contributed by atoms with Crippen LogP contribution in [-0.4, -0.2) is 0 Å². The van der Waals surface area contributed by atoms with Gasteiger partial charge in [-0.2, -0.15) is 0 Å². The summed E-state index contributed by atoms with van der Waals surface area (Å²) in [5.74, 6) is 12.9. The average molecular weight is 154 g/mol. The van der Waals surface area contributed by atoms with Crippen LogP contribution in [-0.2, 0) is 0 Å². The van der Waals surface area contributed by atoms with Crippen molar-refractivity contribution in [1.29, 1.82) is 0 Å². The van der Waals surface area contributed by atoms with Gasteiger partial charge in [0.2, 0.25) is 0 Å². The molecule has 0 amide bonds. The van der Waals surface area contributed by atoms with Crippen molar-refractivity contribution in [1.82, 2.24) is 0 Å². The van der Waals surface area contributed by atoms with E-state index in [1.807, 2.05) is 12.2 Å². The Morgan fingerprint density at radius 2 is 2.17 bits per heavy atom. The van der Waals surface area contributed by atoms with E-state index in [0.29, 0.717) is 5.92 Å². The van der Waals surface area contributed by atoms with Crippen LogP contribution in [0.3, 0.4) is 0 Å². The summed E-state index contributed by atoms with van der Waals surface area (Å²) in [6.45, 7) is 0. The minimum atomic E-state index is 0.616. The van der Waals surface area contributed by atoms with E-state index in [4.69, 9.17) is 0 Å². The Balaban J connectivity index is 2.29. The van der Waals surface area contributed by atoms with Gasteiger partial charge in [0.25, 0.3) is 0 Å². The number of allylic oxidation sites excluding steroid dienone is 4. The average Bonchev–Trinajstić information content (AvgIpc) is 2.50. The van der Waals surface area contributed by atoms with Crippen LogP contribution < -0.4 is 0 Å². The highest BCUT2D eigenvalue weighted by Gasteiger charge is 2.16. The summed E-state index contributed by atoms with van der Waals surface area (Å²) < 4.78 is 0. The summed E-state index contributed by atoms with van der Waals surface area (Å²) in [5.41, 5.74) is 1.30. The highest BCUT2D eigenvalue weighted by molar-refractivity contribution is 5.40. The molecule has 58 valence electrons. The van der Waals surface area contributed by atoms with E-state index >= 15 is 0 Å². The molecule has 1 unspecified atom stereocenters. The molecule has 0 bridgehead atoms. The van der Waals surface area contributed by atoms with E-state index < -0.39 is 0 Å². The van der Waals surface area contributed by atoms with Crippen molar-refractivity contribution in [3.05, 3.63) is 23.8 Å². The third-order valence-electron chi connectivity index (χ3n) is 2.24. The van der Waals surface area contributed by atoms with Gasteiger partial charge in [0, 0.05) is 17.9 Å². The molecule has 2 aliphatic carbocycles. The van der Waals surface area contributed by atoms with Crippen molar-refractivity contribution in [2.24, 2.45) is 5.92 Å². The second-order valence-electron chi connectivity index (χ2n) is 3.06. The van der Waals surface area contributed by atoms with E-state index in [1.165, 1.54) is 18.4 Å². The van der Waals surface area contributed by atoms with Gasteiger partial charge in [-0.15, -0.1) is 0 Å². The Morgan fingerprint density at radius 3 is 3.17 bits per heavy atom. The van der Waals surface area contributed by atoms with Gasteiger partial charge in [0.15, 0.2) is 0 Å². The van der Waals surface area contributed by atoms with E-state index in [2.05, 4.69) is 29.8 Å². The summed E-state index contributed by atoms with van der Waals surface area (Å²) >= 11 is 0. The van der Waals surface area contributed by atoms with Gasteiger partial charge in [0.05, 0.1) is 0 Å². The molecule has 0 aromatic heterocycles. The zero-order valence-corrected chi connectivity index (χ0v) is 6.93. The van der Waals surface area contributed by atoms with Gasteiger partial charge in [-0.3, -0.25) is 0 Å². The maximum absolute atomic E-state index is 3.17. The SMILES string of the molecule is C1#CCC2CCC=C2C#C/C=C\1. The van der Waals surface area contributed by atoms with Crippen LogP contribution in [0.5, 0.6) is 0 Å². The van der Waals surface area contributed by atoms with E-state index in [9.17, 15) is 0 Å². The lowest BCUT2D eigenvalue weighted by atomic mass is 9.98. The molecule has 0 aliphatic heterocycles. The first-order valence-corrected chi connectivity index (χ1v) is 4.32. The third kappa shape index (κ3) is 1.44. The van der Waals surface area contributed by atoms with Gasteiger partial charge < -0.3 is 0 Å². The van der Waals surface area contributed by atoms with Crippen LogP contribution in [0, 0.1) is 29.6 Å². The molecule has 2 aliphatic rings. The summed E-state index contributed by atoms with van der Waals surface area (Å²) in [7, 11) is 0. The highest BCUT2D eigenvalue weighted by Crippen LogP contribution is 2.27. The van der Waals surface area contributed by atoms with Crippen molar-refractivity contribution in [3.8, 4) is 23.7 Å². The molecule has 0 aromatic rings.